The highest BCUT2D eigenvalue weighted by Crippen LogP contribution is 2.40. The van der Waals surface area contributed by atoms with Gasteiger partial charge in [0.05, 0.1) is 6.54 Å². The smallest absolute Gasteiger partial charge is 0.170 e. The molecule has 3 heteroatoms. The molecule has 2 aliphatic rings. The Morgan fingerprint density at radius 1 is 1.04 bits per heavy atom. The second kappa shape index (κ2) is 9.35. The van der Waals surface area contributed by atoms with Gasteiger partial charge in [-0.3, -0.25) is 9.69 Å². The summed E-state index contributed by atoms with van der Waals surface area (Å²) in [6, 6.07) is 9.54. The molecule has 1 saturated carbocycles. The summed E-state index contributed by atoms with van der Waals surface area (Å²) < 4.78 is 0. The van der Waals surface area contributed by atoms with Crippen molar-refractivity contribution in [2.75, 3.05) is 19.6 Å². The first-order chi connectivity index (χ1) is 12.7. The Balaban J connectivity index is 1.64. The van der Waals surface area contributed by atoms with Crippen molar-refractivity contribution in [1.29, 1.82) is 0 Å². The van der Waals surface area contributed by atoms with Gasteiger partial charge in [-0.1, -0.05) is 55.5 Å². The molecular weight excluding hydrogens is 322 g/mol. The molecule has 0 radical (unpaired) electrons. The molecule has 1 N–H and O–H groups in total. The predicted octanol–water partition coefficient (Wildman–Crippen LogP) is 3.90. The molecule has 1 aromatic rings. The molecular formula is C23H31NO2. The molecule has 0 bridgehead atoms. The predicted molar refractivity (Wildman–Crippen MR) is 105 cm³/mol. The Kier molecular flexibility index (Phi) is 6.88. The average Bonchev–Trinajstić information content (AvgIpc) is 3.22. The maximum atomic E-state index is 13.1. The summed E-state index contributed by atoms with van der Waals surface area (Å²) in [6.07, 6.45) is 8.67. The summed E-state index contributed by atoms with van der Waals surface area (Å²) in [7, 11) is 0. The Morgan fingerprint density at radius 2 is 1.73 bits per heavy atom. The minimum atomic E-state index is -1.35. The van der Waals surface area contributed by atoms with Gasteiger partial charge in [-0.05, 0) is 50.3 Å². The summed E-state index contributed by atoms with van der Waals surface area (Å²) in [5.74, 6) is 6.31. The van der Waals surface area contributed by atoms with Crippen LogP contribution in [0, 0.1) is 17.8 Å². The van der Waals surface area contributed by atoms with Gasteiger partial charge in [-0.2, -0.15) is 0 Å². The van der Waals surface area contributed by atoms with Crippen LogP contribution in [0.1, 0.15) is 63.4 Å². The van der Waals surface area contributed by atoms with Crippen LogP contribution in [0.4, 0.5) is 0 Å². The van der Waals surface area contributed by atoms with E-state index in [4.69, 9.17) is 0 Å². The Morgan fingerprint density at radius 3 is 2.42 bits per heavy atom. The third-order valence-corrected chi connectivity index (χ3v) is 5.94. The number of carbonyl (C=O) groups excluding carboxylic acids is 1. The molecule has 2 fully saturated rings. The van der Waals surface area contributed by atoms with Crippen LogP contribution in [0.15, 0.2) is 30.3 Å². The van der Waals surface area contributed by atoms with E-state index in [-0.39, 0.29) is 11.7 Å². The summed E-state index contributed by atoms with van der Waals surface area (Å²) >= 11 is 0. The van der Waals surface area contributed by atoms with Crippen molar-refractivity contribution in [3.05, 3.63) is 35.9 Å². The van der Waals surface area contributed by atoms with Gasteiger partial charge in [0.2, 0.25) is 0 Å². The first-order valence-electron chi connectivity index (χ1n) is 10.2. The molecule has 1 unspecified atom stereocenters. The van der Waals surface area contributed by atoms with Crippen LogP contribution in [0.5, 0.6) is 0 Å². The van der Waals surface area contributed by atoms with E-state index >= 15 is 0 Å². The van der Waals surface area contributed by atoms with Gasteiger partial charge < -0.3 is 5.11 Å². The molecule has 1 aliphatic carbocycles. The lowest BCUT2D eigenvalue weighted by atomic mass is 9.70. The van der Waals surface area contributed by atoms with Crippen LogP contribution in [0.25, 0.3) is 0 Å². The Hall–Kier alpha value is -1.63. The van der Waals surface area contributed by atoms with Crippen molar-refractivity contribution in [2.45, 2.75) is 63.4 Å². The molecule has 3 nitrogen and oxygen atoms in total. The third-order valence-electron chi connectivity index (χ3n) is 5.94. The quantitative estimate of drug-likeness (QED) is 0.789. The normalized spacial score (nSPS) is 21.0. The average molecular weight is 354 g/mol. The minimum Gasteiger partial charge on any atom is -0.377 e. The highest BCUT2D eigenvalue weighted by molar-refractivity contribution is 5.88. The van der Waals surface area contributed by atoms with E-state index in [9.17, 15) is 9.90 Å². The summed E-state index contributed by atoms with van der Waals surface area (Å²) in [6.45, 7) is 3.09. The van der Waals surface area contributed by atoms with E-state index in [0.717, 1.165) is 50.9 Å². The first kappa shape index (κ1) is 19.1. The molecule has 0 spiro atoms. The number of carbonyl (C=O) groups is 1. The van der Waals surface area contributed by atoms with Gasteiger partial charge >= 0.3 is 0 Å². The molecule has 1 aliphatic heterocycles. The van der Waals surface area contributed by atoms with E-state index in [0.29, 0.717) is 12.8 Å². The monoisotopic (exact) mass is 353 g/mol. The second-order valence-corrected chi connectivity index (χ2v) is 7.73. The number of rotatable bonds is 6. The lowest BCUT2D eigenvalue weighted by Crippen LogP contribution is -2.44. The molecule has 1 heterocycles. The van der Waals surface area contributed by atoms with Crippen molar-refractivity contribution >= 4 is 5.78 Å². The van der Waals surface area contributed by atoms with Gasteiger partial charge in [0.1, 0.15) is 0 Å². The van der Waals surface area contributed by atoms with Crippen LogP contribution in [-0.2, 0) is 10.4 Å². The fourth-order valence-corrected chi connectivity index (χ4v) is 4.40. The number of ketones is 1. The topological polar surface area (TPSA) is 40.5 Å². The number of hydrogen-bond acceptors (Lipinski definition) is 3. The zero-order valence-corrected chi connectivity index (χ0v) is 15.8. The maximum Gasteiger partial charge on any atom is 0.170 e. The summed E-state index contributed by atoms with van der Waals surface area (Å²) in [5, 5.41) is 11.5. The first-order valence-corrected chi connectivity index (χ1v) is 10.2. The van der Waals surface area contributed by atoms with Crippen LogP contribution >= 0.6 is 0 Å². The fraction of sp³-hybridized carbons (Fsp3) is 0.609. The number of aliphatic hydroxyl groups is 1. The summed E-state index contributed by atoms with van der Waals surface area (Å²) in [5.41, 5.74) is -0.597. The van der Waals surface area contributed by atoms with Gasteiger partial charge in [-0.25, -0.2) is 0 Å². The van der Waals surface area contributed by atoms with Crippen molar-refractivity contribution in [2.24, 2.45) is 5.92 Å². The minimum absolute atomic E-state index is 0.0312. The zero-order valence-electron chi connectivity index (χ0n) is 15.8. The molecule has 0 aromatic heterocycles. The fourth-order valence-electron chi connectivity index (χ4n) is 4.40. The van der Waals surface area contributed by atoms with Crippen molar-refractivity contribution in [1.82, 2.24) is 4.90 Å². The van der Waals surface area contributed by atoms with Crippen LogP contribution in [0.2, 0.25) is 0 Å². The molecule has 1 saturated heterocycles. The van der Waals surface area contributed by atoms with Crippen LogP contribution in [-0.4, -0.2) is 35.4 Å². The summed E-state index contributed by atoms with van der Waals surface area (Å²) in [4.78, 5) is 15.4. The number of hydrogen-bond donors (Lipinski definition) is 1. The highest BCUT2D eigenvalue weighted by atomic mass is 16.3. The van der Waals surface area contributed by atoms with E-state index in [1.807, 2.05) is 30.3 Å². The standard InChI is InChI=1S/C23H31NO2/c25-22(16-8-3-9-17-24-18-10-11-19-24)23(26,20-12-4-1-5-13-20)21-14-6-2-7-15-21/h1,4-5,12-13,21,26H,2,6-8,10-11,14-19H2. The Bertz CT molecular complexity index is 633. The van der Waals surface area contributed by atoms with E-state index in [1.165, 1.54) is 19.3 Å². The lowest BCUT2D eigenvalue weighted by Gasteiger charge is -2.37. The third kappa shape index (κ3) is 4.55. The molecule has 1 atom stereocenters. The Labute approximate surface area is 157 Å². The van der Waals surface area contributed by atoms with Gasteiger partial charge in [0.15, 0.2) is 11.4 Å². The zero-order chi connectivity index (χ0) is 18.2. The van der Waals surface area contributed by atoms with Crippen molar-refractivity contribution in [3.8, 4) is 11.8 Å². The number of benzene rings is 1. The maximum absolute atomic E-state index is 13.1. The van der Waals surface area contributed by atoms with Crippen LogP contribution < -0.4 is 0 Å². The van der Waals surface area contributed by atoms with E-state index < -0.39 is 5.60 Å². The van der Waals surface area contributed by atoms with Gasteiger partial charge in [0, 0.05) is 12.8 Å². The van der Waals surface area contributed by atoms with E-state index in [2.05, 4.69) is 16.7 Å². The van der Waals surface area contributed by atoms with Gasteiger partial charge in [0.25, 0.3) is 0 Å². The molecule has 0 amide bonds. The highest BCUT2D eigenvalue weighted by Gasteiger charge is 2.44. The molecule has 26 heavy (non-hydrogen) atoms. The number of likely N-dealkylation sites (tertiary alicyclic amines) is 1. The largest absolute Gasteiger partial charge is 0.377 e. The number of nitrogens with zero attached hydrogens (tertiary/aromatic N) is 1. The molecule has 1 aromatic carbocycles. The molecule has 140 valence electrons. The number of Topliss-reactive ketones (excluding diaryl/α,β-unsaturated/α-hetero) is 1. The van der Waals surface area contributed by atoms with Crippen molar-refractivity contribution < 1.29 is 9.90 Å². The van der Waals surface area contributed by atoms with E-state index in [1.54, 1.807) is 0 Å². The van der Waals surface area contributed by atoms with Crippen LogP contribution in [0.3, 0.4) is 0 Å². The molecule has 3 rings (SSSR count). The second-order valence-electron chi connectivity index (χ2n) is 7.73. The van der Waals surface area contributed by atoms with Crippen molar-refractivity contribution in [3.63, 3.8) is 0 Å². The SMILES string of the molecule is O=C(CCC#CCN1CCCC1)C(O)(c1ccccc1)C1CCCCC1. The lowest BCUT2D eigenvalue weighted by molar-refractivity contribution is -0.146. The van der Waals surface area contributed by atoms with Gasteiger partial charge in [-0.15, -0.1) is 5.92 Å².